The van der Waals surface area contributed by atoms with Gasteiger partial charge in [-0.2, -0.15) is 0 Å². The molecule has 3 saturated heterocycles. The van der Waals surface area contributed by atoms with E-state index in [2.05, 4.69) is 20.1 Å². The van der Waals surface area contributed by atoms with Crippen molar-refractivity contribution < 1.29 is 37.2 Å². The zero-order chi connectivity index (χ0) is 36.2. The molecule has 2 aromatic carbocycles. The highest BCUT2D eigenvalue weighted by Crippen LogP contribution is 2.41. The molecule has 4 heterocycles. The Balaban J connectivity index is 0.000000556. The van der Waals surface area contributed by atoms with E-state index >= 15 is 4.39 Å². The summed E-state index contributed by atoms with van der Waals surface area (Å²) in [5.74, 6) is -1.05. The standard InChI is InChI=1S/C32H39F4N3O3S.C6H13NO/c1-41-24-2-3-29-25(18-24)30(22(19-37-29)20-39-10-13-42-14-11-39)26(34)4-5-32(21-40)6-8-38(9-7-32)12-15-43-31-27(35)16-23(33)17-28(31)36;8-5-6-1-3-7-4-2-6/h2-3,16-19,26,40H,4-15,20-21H2,1H3;6-8H,1-5H2/t26-;/m1./s1. The summed E-state index contributed by atoms with van der Waals surface area (Å²) >= 11 is 1.03. The van der Waals surface area contributed by atoms with Crippen LogP contribution < -0.4 is 10.1 Å². The molecular weight excluding hydrogens is 685 g/mol. The number of likely N-dealkylation sites (tertiary alicyclic amines) is 1. The van der Waals surface area contributed by atoms with Crippen molar-refractivity contribution in [2.24, 2.45) is 11.3 Å². The van der Waals surface area contributed by atoms with E-state index < -0.39 is 29.0 Å². The Morgan fingerprint density at radius 3 is 2.35 bits per heavy atom. The normalized spacial score (nSPS) is 19.4. The molecule has 3 aliphatic rings. The summed E-state index contributed by atoms with van der Waals surface area (Å²) in [6, 6.07) is 6.92. The average Bonchev–Trinajstić information content (AvgIpc) is 3.16. The van der Waals surface area contributed by atoms with Gasteiger partial charge in [-0.25, -0.2) is 17.6 Å². The monoisotopic (exact) mass is 736 g/mol. The smallest absolute Gasteiger partial charge is 0.142 e. The maximum atomic E-state index is 16.4. The number of nitrogens with one attached hydrogen (secondary N) is 1. The van der Waals surface area contributed by atoms with E-state index in [-0.39, 0.29) is 17.9 Å². The van der Waals surface area contributed by atoms with Gasteiger partial charge < -0.3 is 29.9 Å². The van der Waals surface area contributed by atoms with Gasteiger partial charge in [-0.15, -0.1) is 11.8 Å². The molecule has 13 heteroatoms. The number of pyridine rings is 1. The van der Waals surface area contributed by atoms with Crippen molar-refractivity contribution >= 4 is 22.7 Å². The number of rotatable bonds is 13. The number of nitrogens with zero attached hydrogens (tertiary/aromatic N) is 3. The highest BCUT2D eigenvalue weighted by atomic mass is 32.2. The van der Waals surface area contributed by atoms with E-state index in [1.54, 1.807) is 13.3 Å². The SMILES string of the molecule is COc1ccc2ncc(CN3CCOCC3)c([C@H](F)CCC3(CO)CCN(CCSc4c(F)cc(F)cc4F)CC3)c2c1.OCC1CCNCC1. The number of fused-ring (bicyclic) bond motifs is 1. The first-order chi connectivity index (χ1) is 24.7. The van der Waals surface area contributed by atoms with Crippen LogP contribution in [0, 0.1) is 28.8 Å². The van der Waals surface area contributed by atoms with Crippen molar-refractivity contribution in [1.29, 1.82) is 0 Å². The number of hydrogen-bond donors (Lipinski definition) is 3. The molecule has 0 bridgehead atoms. The molecule has 6 rings (SSSR count). The van der Waals surface area contributed by atoms with E-state index in [9.17, 15) is 18.3 Å². The van der Waals surface area contributed by atoms with Crippen molar-refractivity contribution in [3.63, 3.8) is 0 Å². The van der Waals surface area contributed by atoms with Crippen LogP contribution in [0.4, 0.5) is 17.6 Å². The fourth-order valence-corrected chi connectivity index (χ4v) is 8.13. The molecule has 3 fully saturated rings. The minimum Gasteiger partial charge on any atom is -0.497 e. The fourth-order valence-electron chi connectivity index (χ4n) is 7.18. The van der Waals surface area contributed by atoms with Crippen LogP contribution >= 0.6 is 11.8 Å². The van der Waals surface area contributed by atoms with Crippen LogP contribution in [-0.2, 0) is 11.3 Å². The summed E-state index contributed by atoms with van der Waals surface area (Å²) in [6.45, 7) is 7.97. The molecule has 0 radical (unpaired) electrons. The molecular formula is C38H52F4N4O4S. The lowest BCUT2D eigenvalue weighted by Crippen LogP contribution is -2.43. The number of ether oxygens (including phenoxy) is 2. The molecule has 0 spiro atoms. The molecule has 0 unspecified atom stereocenters. The predicted octanol–water partition coefficient (Wildman–Crippen LogP) is 6.13. The van der Waals surface area contributed by atoms with Crippen molar-refractivity contribution in [3.8, 4) is 5.75 Å². The second-order valence-electron chi connectivity index (χ2n) is 13.9. The van der Waals surface area contributed by atoms with Gasteiger partial charge >= 0.3 is 0 Å². The van der Waals surface area contributed by atoms with Gasteiger partial charge in [0.2, 0.25) is 0 Å². The highest BCUT2D eigenvalue weighted by molar-refractivity contribution is 7.99. The second-order valence-corrected chi connectivity index (χ2v) is 15.0. The van der Waals surface area contributed by atoms with Crippen LogP contribution in [0.2, 0.25) is 0 Å². The van der Waals surface area contributed by atoms with E-state index in [1.165, 1.54) is 0 Å². The topological polar surface area (TPSA) is 90.3 Å². The Bertz CT molecular complexity index is 1510. The van der Waals surface area contributed by atoms with E-state index in [0.717, 1.165) is 61.7 Å². The van der Waals surface area contributed by atoms with E-state index in [1.807, 2.05) is 18.2 Å². The lowest BCUT2D eigenvalue weighted by Gasteiger charge is -2.41. The minimum atomic E-state index is -1.24. The van der Waals surface area contributed by atoms with E-state index in [4.69, 9.17) is 14.6 Å². The largest absolute Gasteiger partial charge is 0.497 e. The number of thioether (sulfide) groups is 1. The lowest BCUT2D eigenvalue weighted by atomic mass is 9.74. The quantitative estimate of drug-likeness (QED) is 0.142. The summed E-state index contributed by atoms with van der Waals surface area (Å²) in [6.07, 6.45) is 5.04. The number of aliphatic hydroxyl groups is 2. The number of hydrogen-bond acceptors (Lipinski definition) is 9. The molecule has 1 aromatic heterocycles. The first kappa shape index (κ1) is 39.7. The highest BCUT2D eigenvalue weighted by Gasteiger charge is 2.35. The van der Waals surface area contributed by atoms with Crippen LogP contribution in [0.15, 0.2) is 41.4 Å². The van der Waals surface area contributed by atoms with Crippen LogP contribution in [-0.4, -0.2) is 110 Å². The molecule has 0 amide bonds. The van der Waals surface area contributed by atoms with Crippen LogP contribution in [0.5, 0.6) is 5.75 Å². The predicted molar refractivity (Wildman–Crippen MR) is 192 cm³/mol. The van der Waals surface area contributed by atoms with Gasteiger partial charge in [0.15, 0.2) is 0 Å². The van der Waals surface area contributed by atoms with E-state index in [0.29, 0.717) is 106 Å². The van der Waals surface area contributed by atoms with Crippen molar-refractivity contribution in [2.75, 3.05) is 85.1 Å². The third-order valence-electron chi connectivity index (χ3n) is 10.5. The third-order valence-corrected chi connectivity index (χ3v) is 11.6. The summed E-state index contributed by atoms with van der Waals surface area (Å²) in [5.41, 5.74) is 1.81. The molecule has 282 valence electrons. The number of piperidine rings is 2. The van der Waals surface area contributed by atoms with Gasteiger partial charge in [0, 0.05) is 74.4 Å². The number of alkyl halides is 1. The first-order valence-corrected chi connectivity index (χ1v) is 19.0. The summed E-state index contributed by atoms with van der Waals surface area (Å²) in [4.78, 5) is 8.90. The van der Waals surface area contributed by atoms with Gasteiger partial charge in [-0.3, -0.25) is 9.88 Å². The number of methoxy groups -OCH3 is 1. The van der Waals surface area contributed by atoms with Gasteiger partial charge in [-0.05, 0) is 99.8 Å². The number of aliphatic hydroxyl groups excluding tert-OH is 2. The maximum absolute atomic E-state index is 16.4. The summed E-state index contributed by atoms with van der Waals surface area (Å²) < 4.78 is 68.5. The lowest BCUT2D eigenvalue weighted by molar-refractivity contribution is 0.0311. The summed E-state index contributed by atoms with van der Waals surface area (Å²) in [5, 5.41) is 23.1. The molecule has 8 nitrogen and oxygen atoms in total. The van der Waals surface area contributed by atoms with Crippen molar-refractivity contribution in [1.82, 2.24) is 20.1 Å². The zero-order valence-electron chi connectivity index (χ0n) is 29.5. The Hall–Kier alpha value is -2.52. The minimum absolute atomic E-state index is 0.0279. The van der Waals surface area contributed by atoms with Gasteiger partial charge in [0.25, 0.3) is 0 Å². The van der Waals surface area contributed by atoms with Gasteiger partial charge in [0.05, 0.1) is 30.7 Å². The molecule has 3 N–H and O–H groups in total. The van der Waals surface area contributed by atoms with Crippen molar-refractivity contribution in [2.45, 2.75) is 56.1 Å². The second kappa shape index (κ2) is 19.5. The molecule has 3 aromatic rings. The number of benzene rings is 2. The molecule has 0 saturated carbocycles. The third kappa shape index (κ3) is 11.0. The number of halogens is 4. The van der Waals surface area contributed by atoms with Crippen LogP contribution in [0.3, 0.4) is 0 Å². The Kier molecular flexibility index (Phi) is 15.2. The Morgan fingerprint density at radius 2 is 1.73 bits per heavy atom. The van der Waals surface area contributed by atoms with Gasteiger partial charge in [-0.1, -0.05) is 0 Å². The maximum Gasteiger partial charge on any atom is 0.142 e. The summed E-state index contributed by atoms with van der Waals surface area (Å²) in [7, 11) is 1.59. The molecule has 0 aliphatic carbocycles. The number of morpholine rings is 1. The van der Waals surface area contributed by atoms with Crippen LogP contribution in [0.25, 0.3) is 10.9 Å². The molecule has 1 atom stereocenters. The first-order valence-electron chi connectivity index (χ1n) is 18.1. The Morgan fingerprint density at radius 1 is 1.02 bits per heavy atom. The van der Waals surface area contributed by atoms with Gasteiger partial charge in [0.1, 0.15) is 29.4 Å². The fraction of sp³-hybridized carbons (Fsp3) is 0.605. The average molecular weight is 737 g/mol. The molecule has 51 heavy (non-hydrogen) atoms. The molecule has 3 aliphatic heterocycles. The van der Waals surface area contributed by atoms with Crippen molar-refractivity contribution in [3.05, 3.63) is 65.1 Å². The number of aromatic nitrogens is 1. The Labute approximate surface area is 302 Å². The van der Waals surface area contributed by atoms with Crippen LogP contribution in [0.1, 0.15) is 55.8 Å². The zero-order valence-corrected chi connectivity index (χ0v) is 30.3.